The van der Waals surface area contributed by atoms with E-state index in [2.05, 4.69) is 15.5 Å². The van der Waals surface area contributed by atoms with Crippen LogP contribution < -0.4 is 14.8 Å². The van der Waals surface area contributed by atoms with Gasteiger partial charge in [0.25, 0.3) is 11.8 Å². The summed E-state index contributed by atoms with van der Waals surface area (Å²) in [4.78, 5) is 27.8. The molecule has 1 N–H and O–H groups in total. The zero-order valence-corrected chi connectivity index (χ0v) is 26.6. The molecule has 3 heterocycles. The first-order valence-corrected chi connectivity index (χ1v) is 16.1. The maximum atomic E-state index is 13.8. The summed E-state index contributed by atoms with van der Waals surface area (Å²) in [6.07, 6.45) is 0.574. The van der Waals surface area contributed by atoms with Crippen LogP contribution in [0, 0.1) is 5.82 Å². The molecule has 1 aliphatic rings. The Bertz CT molecular complexity index is 1860. The molecule has 2 aromatic heterocycles. The highest BCUT2D eigenvalue weighted by Crippen LogP contribution is 2.35. The Morgan fingerprint density at radius 3 is 2.48 bits per heavy atom. The van der Waals surface area contributed by atoms with Gasteiger partial charge in [0.2, 0.25) is 0 Å². The minimum absolute atomic E-state index is 0.0147. The molecular weight excluding hydrogens is 628 g/mol. The Labute approximate surface area is 272 Å². The highest BCUT2D eigenvalue weighted by Gasteiger charge is 2.34. The molecule has 10 nitrogen and oxygen atoms in total. The number of nitrogens with one attached hydrogen (secondary N) is 1. The topological polar surface area (TPSA) is 111 Å². The number of thiophene rings is 1. The largest absolute Gasteiger partial charge is 0.497 e. The third-order valence-corrected chi connectivity index (χ3v) is 9.17. The number of thioether (sulfide) groups is 1. The van der Waals surface area contributed by atoms with E-state index in [1.54, 1.807) is 59.4 Å². The smallest absolute Gasteiger partial charge is 0.255 e. The average Bonchev–Trinajstić information content (AvgIpc) is 3.87. The molecule has 0 saturated carbocycles. The van der Waals surface area contributed by atoms with E-state index >= 15 is 0 Å². The number of amides is 2. The van der Waals surface area contributed by atoms with Crippen LogP contribution in [0.15, 0.2) is 101 Å². The number of hydrazone groups is 1. The third-order valence-electron chi connectivity index (χ3n) is 7.34. The lowest BCUT2D eigenvalue weighted by molar-refractivity contribution is -0.130. The van der Waals surface area contributed by atoms with Gasteiger partial charge in [-0.15, -0.1) is 21.5 Å². The number of carbonyl (C=O) groups is 2. The first-order valence-electron chi connectivity index (χ1n) is 14.3. The van der Waals surface area contributed by atoms with Crippen molar-refractivity contribution in [3.63, 3.8) is 0 Å². The van der Waals surface area contributed by atoms with Gasteiger partial charge in [-0.25, -0.2) is 9.40 Å². The summed E-state index contributed by atoms with van der Waals surface area (Å²) >= 11 is 2.76. The minimum atomic E-state index is -0.398. The average molecular weight is 657 g/mol. The normalized spacial score (nSPS) is 14.2. The van der Waals surface area contributed by atoms with E-state index in [-0.39, 0.29) is 30.2 Å². The summed E-state index contributed by atoms with van der Waals surface area (Å²) in [5, 5.41) is 20.2. The van der Waals surface area contributed by atoms with Crippen molar-refractivity contribution >= 4 is 40.6 Å². The van der Waals surface area contributed by atoms with Crippen molar-refractivity contribution in [3.8, 4) is 17.2 Å². The van der Waals surface area contributed by atoms with Crippen molar-refractivity contribution in [2.45, 2.75) is 24.2 Å². The Morgan fingerprint density at radius 2 is 1.76 bits per heavy atom. The van der Waals surface area contributed by atoms with E-state index in [0.29, 0.717) is 34.4 Å². The first-order chi connectivity index (χ1) is 22.4. The van der Waals surface area contributed by atoms with Gasteiger partial charge in [0.05, 0.1) is 48.7 Å². The van der Waals surface area contributed by atoms with Gasteiger partial charge in [-0.2, -0.15) is 5.10 Å². The zero-order chi connectivity index (χ0) is 32.0. The molecule has 234 valence electrons. The molecule has 13 heteroatoms. The van der Waals surface area contributed by atoms with Gasteiger partial charge in [0.15, 0.2) is 11.0 Å². The van der Waals surface area contributed by atoms with Crippen LogP contribution in [0.5, 0.6) is 11.5 Å². The van der Waals surface area contributed by atoms with Crippen LogP contribution in [-0.4, -0.2) is 57.3 Å². The number of para-hydroxylation sites is 1. The number of nitrogens with zero attached hydrogens (tertiary/aromatic N) is 5. The summed E-state index contributed by atoms with van der Waals surface area (Å²) in [6.45, 7) is 0.0237. The molecule has 0 saturated heterocycles. The molecule has 1 aliphatic heterocycles. The van der Waals surface area contributed by atoms with Crippen molar-refractivity contribution in [2.24, 2.45) is 5.10 Å². The molecule has 0 aliphatic carbocycles. The summed E-state index contributed by atoms with van der Waals surface area (Å²) in [7, 11) is 3.11. The van der Waals surface area contributed by atoms with Gasteiger partial charge in [-0.05, 0) is 65.5 Å². The van der Waals surface area contributed by atoms with Gasteiger partial charge < -0.3 is 14.8 Å². The number of rotatable bonds is 11. The molecule has 0 spiro atoms. The van der Waals surface area contributed by atoms with Crippen molar-refractivity contribution in [3.05, 3.63) is 118 Å². The van der Waals surface area contributed by atoms with Crippen LogP contribution >= 0.6 is 23.1 Å². The Hall–Kier alpha value is -5.01. The number of hydrogen-bond acceptors (Lipinski definition) is 9. The molecular formula is C33H29FN6O4S2. The number of halogens is 1. The molecule has 6 rings (SSSR count). The molecule has 46 heavy (non-hydrogen) atoms. The predicted octanol–water partition coefficient (Wildman–Crippen LogP) is 5.89. The summed E-state index contributed by atoms with van der Waals surface area (Å²) in [6, 6.07) is 24.0. The number of aromatic nitrogens is 3. The molecule has 0 fully saturated rings. The van der Waals surface area contributed by atoms with Crippen molar-refractivity contribution < 1.29 is 23.5 Å². The second kappa shape index (κ2) is 14.0. The highest BCUT2D eigenvalue weighted by atomic mass is 32.2. The standard InChI is InChI=1S/C33H29FN6O4S2/c1-43-24-15-9-21(10-16-24)27-18-26(29-8-5-17-45-29)38-40(27)31(41)20-46-33-37-36-30(39(33)23-13-11-22(34)12-14-23)19-35-32(42)25-6-3-4-7-28(25)44-2/h3-17,27H,18-20H2,1-2H3,(H,35,42). The summed E-state index contributed by atoms with van der Waals surface area (Å²) in [5.41, 5.74) is 2.74. The molecule has 2 amide bonds. The monoisotopic (exact) mass is 656 g/mol. The van der Waals surface area contributed by atoms with Crippen LogP contribution in [0.25, 0.3) is 5.69 Å². The van der Waals surface area contributed by atoms with E-state index in [1.165, 1.54) is 36.0 Å². The molecule has 1 unspecified atom stereocenters. The van der Waals surface area contributed by atoms with Crippen LogP contribution in [0.4, 0.5) is 4.39 Å². The second-order valence-corrected chi connectivity index (χ2v) is 12.0. The summed E-state index contributed by atoms with van der Waals surface area (Å²) < 4.78 is 26.2. The predicted molar refractivity (Wildman–Crippen MR) is 174 cm³/mol. The second-order valence-electron chi connectivity index (χ2n) is 10.1. The van der Waals surface area contributed by atoms with Gasteiger partial charge in [0, 0.05) is 12.1 Å². The highest BCUT2D eigenvalue weighted by molar-refractivity contribution is 7.99. The van der Waals surface area contributed by atoms with E-state index in [1.807, 2.05) is 41.8 Å². The number of ether oxygens (including phenoxy) is 2. The van der Waals surface area contributed by atoms with Crippen LogP contribution in [-0.2, 0) is 11.3 Å². The number of benzene rings is 3. The molecule has 0 bridgehead atoms. The maximum absolute atomic E-state index is 13.8. The fourth-order valence-electron chi connectivity index (χ4n) is 5.05. The van der Waals surface area contributed by atoms with Crippen molar-refractivity contribution in [1.29, 1.82) is 0 Å². The van der Waals surface area contributed by atoms with Crippen molar-refractivity contribution in [2.75, 3.05) is 20.0 Å². The Balaban J connectivity index is 1.23. The fourth-order valence-corrected chi connectivity index (χ4v) is 6.60. The Kier molecular flexibility index (Phi) is 9.41. The SMILES string of the molecule is COc1ccc(C2CC(c3cccs3)=NN2C(=O)CSc2nnc(CNC(=O)c3ccccc3OC)n2-c2ccc(F)cc2)cc1. The van der Waals surface area contributed by atoms with Gasteiger partial charge in [0.1, 0.15) is 17.3 Å². The number of hydrogen-bond donors (Lipinski definition) is 1. The van der Waals surface area contributed by atoms with Crippen molar-refractivity contribution in [1.82, 2.24) is 25.1 Å². The van der Waals surface area contributed by atoms with Crippen LogP contribution in [0.1, 0.15) is 39.1 Å². The minimum Gasteiger partial charge on any atom is -0.497 e. The first kappa shape index (κ1) is 31.0. The van der Waals surface area contributed by atoms with E-state index in [4.69, 9.17) is 14.6 Å². The lowest BCUT2D eigenvalue weighted by atomic mass is 10.0. The van der Waals surface area contributed by atoms with Gasteiger partial charge >= 0.3 is 0 Å². The van der Waals surface area contributed by atoms with Crippen LogP contribution in [0.2, 0.25) is 0 Å². The third kappa shape index (κ3) is 6.65. The number of carbonyl (C=O) groups excluding carboxylic acids is 2. The molecule has 1 atom stereocenters. The fraction of sp³-hybridized carbons (Fsp3) is 0.182. The van der Waals surface area contributed by atoms with Gasteiger partial charge in [-0.3, -0.25) is 14.2 Å². The van der Waals surface area contributed by atoms with E-state index in [9.17, 15) is 14.0 Å². The van der Waals surface area contributed by atoms with E-state index < -0.39 is 5.82 Å². The molecule has 5 aromatic rings. The quantitative estimate of drug-likeness (QED) is 0.177. The lowest BCUT2D eigenvalue weighted by Crippen LogP contribution is -2.28. The zero-order valence-electron chi connectivity index (χ0n) is 24.9. The van der Waals surface area contributed by atoms with Crippen LogP contribution in [0.3, 0.4) is 0 Å². The Morgan fingerprint density at radius 1 is 0.978 bits per heavy atom. The van der Waals surface area contributed by atoms with Gasteiger partial charge in [-0.1, -0.05) is 42.1 Å². The molecule has 3 aromatic carbocycles. The van der Waals surface area contributed by atoms with E-state index in [0.717, 1.165) is 21.9 Å². The lowest BCUT2D eigenvalue weighted by Gasteiger charge is -2.22. The number of methoxy groups -OCH3 is 2. The molecule has 0 radical (unpaired) electrons. The summed E-state index contributed by atoms with van der Waals surface area (Å²) in [5.74, 6) is 0.621. The maximum Gasteiger partial charge on any atom is 0.255 e.